The summed E-state index contributed by atoms with van der Waals surface area (Å²) in [5.74, 6) is 1.04. The van der Waals surface area contributed by atoms with Gasteiger partial charge in [-0.05, 0) is 12.8 Å². The molecule has 1 aromatic rings. The van der Waals surface area contributed by atoms with Gasteiger partial charge in [0, 0.05) is 19.2 Å². The zero-order chi connectivity index (χ0) is 9.42. The van der Waals surface area contributed by atoms with E-state index in [1.54, 1.807) is 6.07 Å². The van der Waals surface area contributed by atoms with E-state index in [-0.39, 0.29) is 5.95 Å². The fourth-order valence-electron chi connectivity index (χ4n) is 1.25. The molecule has 0 unspecified atom stereocenters. The SMILES string of the molecule is CN(c1cc(Cl)nc(N)n1)C1CC1. The predicted octanol–water partition coefficient (Wildman–Crippen LogP) is 1.31. The van der Waals surface area contributed by atoms with Crippen LogP contribution in [0.5, 0.6) is 0 Å². The summed E-state index contributed by atoms with van der Waals surface area (Å²) in [5, 5.41) is 0.398. The molecule has 0 aliphatic heterocycles. The van der Waals surface area contributed by atoms with Gasteiger partial charge in [-0.2, -0.15) is 4.98 Å². The molecule has 0 saturated heterocycles. The summed E-state index contributed by atoms with van der Waals surface area (Å²) in [6.07, 6.45) is 2.44. The van der Waals surface area contributed by atoms with Gasteiger partial charge in [-0.15, -0.1) is 0 Å². The first-order valence-corrected chi connectivity index (χ1v) is 4.57. The smallest absolute Gasteiger partial charge is 0.223 e. The van der Waals surface area contributed by atoms with Crippen LogP contribution in [0, 0.1) is 0 Å². The summed E-state index contributed by atoms with van der Waals surface area (Å²) in [5.41, 5.74) is 5.48. The van der Waals surface area contributed by atoms with Crippen LogP contribution in [0.3, 0.4) is 0 Å². The lowest BCUT2D eigenvalue weighted by atomic mass is 10.5. The minimum absolute atomic E-state index is 0.231. The normalized spacial score (nSPS) is 15.8. The highest BCUT2D eigenvalue weighted by Crippen LogP contribution is 2.29. The Balaban J connectivity index is 2.27. The van der Waals surface area contributed by atoms with Crippen LogP contribution in [0.1, 0.15) is 12.8 Å². The van der Waals surface area contributed by atoms with Crippen LogP contribution < -0.4 is 10.6 Å². The zero-order valence-electron chi connectivity index (χ0n) is 7.37. The Morgan fingerprint density at radius 2 is 2.23 bits per heavy atom. The number of hydrogen-bond donors (Lipinski definition) is 1. The third-order valence-corrected chi connectivity index (χ3v) is 2.35. The van der Waals surface area contributed by atoms with Crippen molar-refractivity contribution in [1.82, 2.24) is 9.97 Å². The van der Waals surface area contributed by atoms with E-state index in [1.807, 2.05) is 7.05 Å². The van der Waals surface area contributed by atoms with Gasteiger partial charge in [0.1, 0.15) is 11.0 Å². The highest BCUT2D eigenvalue weighted by molar-refractivity contribution is 6.29. The second-order valence-corrected chi connectivity index (χ2v) is 3.64. The molecule has 0 amide bonds. The second-order valence-electron chi connectivity index (χ2n) is 3.25. The molecule has 0 spiro atoms. The first kappa shape index (κ1) is 8.56. The molecule has 1 saturated carbocycles. The third kappa shape index (κ3) is 1.83. The van der Waals surface area contributed by atoms with Crippen molar-refractivity contribution < 1.29 is 0 Å². The van der Waals surface area contributed by atoms with Gasteiger partial charge in [0.25, 0.3) is 0 Å². The predicted molar refractivity (Wildman–Crippen MR) is 52.9 cm³/mol. The summed E-state index contributed by atoms with van der Waals surface area (Å²) < 4.78 is 0. The topological polar surface area (TPSA) is 55.0 Å². The number of nitrogens with zero attached hydrogens (tertiary/aromatic N) is 3. The molecule has 1 aliphatic carbocycles. The molecule has 1 heterocycles. The van der Waals surface area contributed by atoms with Crippen molar-refractivity contribution in [2.24, 2.45) is 0 Å². The molecule has 2 N–H and O–H groups in total. The van der Waals surface area contributed by atoms with E-state index in [4.69, 9.17) is 17.3 Å². The Morgan fingerprint density at radius 1 is 1.54 bits per heavy atom. The van der Waals surface area contributed by atoms with Gasteiger partial charge in [-0.25, -0.2) is 4.98 Å². The van der Waals surface area contributed by atoms with E-state index in [9.17, 15) is 0 Å². The maximum absolute atomic E-state index is 5.76. The van der Waals surface area contributed by atoms with Crippen molar-refractivity contribution >= 4 is 23.4 Å². The molecule has 13 heavy (non-hydrogen) atoms. The van der Waals surface area contributed by atoms with Crippen LogP contribution in [-0.4, -0.2) is 23.1 Å². The number of rotatable bonds is 2. The van der Waals surface area contributed by atoms with Crippen LogP contribution in [0.4, 0.5) is 11.8 Å². The van der Waals surface area contributed by atoms with E-state index in [0.717, 1.165) is 5.82 Å². The highest BCUT2D eigenvalue weighted by Gasteiger charge is 2.27. The summed E-state index contributed by atoms with van der Waals surface area (Å²) >= 11 is 5.76. The van der Waals surface area contributed by atoms with Gasteiger partial charge < -0.3 is 10.6 Å². The van der Waals surface area contributed by atoms with E-state index in [2.05, 4.69) is 14.9 Å². The summed E-state index contributed by atoms with van der Waals surface area (Å²) in [4.78, 5) is 9.99. The number of halogens is 1. The van der Waals surface area contributed by atoms with Crippen LogP contribution in [-0.2, 0) is 0 Å². The van der Waals surface area contributed by atoms with Gasteiger partial charge in [0.05, 0.1) is 0 Å². The largest absolute Gasteiger partial charge is 0.368 e. The van der Waals surface area contributed by atoms with Gasteiger partial charge in [0.2, 0.25) is 5.95 Å². The van der Waals surface area contributed by atoms with Gasteiger partial charge >= 0.3 is 0 Å². The standard InChI is InChI=1S/C8H11ClN4/c1-13(5-2-3-5)7-4-6(9)11-8(10)12-7/h4-5H,2-3H2,1H3,(H2,10,11,12). The molecule has 70 valence electrons. The van der Waals surface area contributed by atoms with Crippen LogP contribution in [0.2, 0.25) is 5.15 Å². The number of hydrogen-bond acceptors (Lipinski definition) is 4. The van der Waals surface area contributed by atoms with Gasteiger partial charge in [-0.1, -0.05) is 11.6 Å². The van der Waals surface area contributed by atoms with E-state index in [1.165, 1.54) is 12.8 Å². The minimum Gasteiger partial charge on any atom is -0.368 e. The number of aromatic nitrogens is 2. The number of anilines is 2. The average molecular weight is 199 g/mol. The first-order chi connectivity index (χ1) is 6.16. The van der Waals surface area contributed by atoms with Crippen LogP contribution in [0.25, 0.3) is 0 Å². The van der Waals surface area contributed by atoms with E-state index >= 15 is 0 Å². The molecule has 1 aromatic heterocycles. The monoisotopic (exact) mass is 198 g/mol. The Hall–Kier alpha value is -1.03. The summed E-state index contributed by atoms with van der Waals surface area (Å²) in [6, 6.07) is 2.33. The molecule has 0 bridgehead atoms. The molecule has 0 atom stereocenters. The summed E-state index contributed by atoms with van der Waals surface area (Å²) in [7, 11) is 2.00. The maximum Gasteiger partial charge on any atom is 0.223 e. The Kier molecular flexibility index (Phi) is 2.00. The molecular formula is C8H11ClN4. The Morgan fingerprint density at radius 3 is 2.77 bits per heavy atom. The van der Waals surface area contributed by atoms with Crippen molar-refractivity contribution in [3.63, 3.8) is 0 Å². The molecule has 1 fully saturated rings. The van der Waals surface area contributed by atoms with Crippen molar-refractivity contribution in [3.8, 4) is 0 Å². The fourth-order valence-corrected chi connectivity index (χ4v) is 1.44. The van der Waals surface area contributed by atoms with Crippen molar-refractivity contribution in [1.29, 1.82) is 0 Å². The molecule has 5 heteroatoms. The van der Waals surface area contributed by atoms with E-state index in [0.29, 0.717) is 11.2 Å². The van der Waals surface area contributed by atoms with E-state index < -0.39 is 0 Å². The molecule has 0 radical (unpaired) electrons. The lowest BCUT2D eigenvalue weighted by Gasteiger charge is -2.17. The molecule has 2 rings (SSSR count). The average Bonchev–Trinajstić information content (AvgIpc) is 2.83. The minimum atomic E-state index is 0.231. The van der Waals surface area contributed by atoms with Crippen LogP contribution in [0.15, 0.2) is 6.07 Å². The molecule has 4 nitrogen and oxygen atoms in total. The summed E-state index contributed by atoms with van der Waals surface area (Å²) in [6.45, 7) is 0. The molecule has 0 aromatic carbocycles. The zero-order valence-corrected chi connectivity index (χ0v) is 8.12. The molecule has 1 aliphatic rings. The number of nitrogens with two attached hydrogens (primary N) is 1. The first-order valence-electron chi connectivity index (χ1n) is 4.19. The Labute approximate surface area is 81.7 Å². The van der Waals surface area contributed by atoms with Crippen LogP contribution >= 0.6 is 11.6 Å². The Bertz CT molecular complexity index is 304. The highest BCUT2D eigenvalue weighted by atomic mass is 35.5. The van der Waals surface area contributed by atoms with Gasteiger partial charge in [0.15, 0.2) is 0 Å². The second kappa shape index (κ2) is 3.03. The fraction of sp³-hybridized carbons (Fsp3) is 0.500. The maximum atomic E-state index is 5.76. The quantitative estimate of drug-likeness (QED) is 0.729. The third-order valence-electron chi connectivity index (χ3n) is 2.15. The van der Waals surface area contributed by atoms with Crippen molar-refractivity contribution in [2.45, 2.75) is 18.9 Å². The molecular weight excluding hydrogens is 188 g/mol. The lowest BCUT2D eigenvalue weighted by molar-refractivity contribution is 0.888. The van der Waals surface area contributed by atoms with Crippen molar-refractivity contribution in [2.75, 3.05) is 17.7 Å². The lowest BCUT2D eigenvalue weighted by Crippen LogP contribution is -2.21. The van der Waals surface area contributed by atoms with Gasteiger partial charge in [-0.3, -0.25) is 0 Å². The number of nitrogen functional groups attached to an aromatic ring is 1. The van der Waals surface area contributed by atoms with Crippen molar-refractivity contribution in [3.05, 3.63) is 11.2 Å².